The zero-order valence-electron chi connectivity index (χ0n) is 8.44. The minimum Gasteiger partial charge on any atom is -0.502 e. The first-order valence-electron chi connectivity index (χ1n) is 4.36. The molecule has 0 heterocycles. The van der Waals surface area contributed by atoms with Gasteiger partial charge in [0.15, 0.2) is 5.75 Å². The van der Waals surface area contributed by atoms with Gasteiger partial charge in [-0.1, -0.05) is 11.8 Å². The summed E-state index contributed by atoms with van der Waals surface area (Å²) < 4.78 is 13.2. The Morgan fingerprint density at radius 2 is 2.24 bits per heavy atom. The van der Waals surface area contributed by atoms with Gasteiger partial charge in [0.25, 0.3) is 0 Å². The van der Waals surface area contributed by atoms with Gasteiger partial charge < -0.3 is 10.8 Å². The van der Waals surface area contributed by atoms with Gasteiger partial charge in [-0.3, -0.25) is 14.9 Å². The van der Waals surface area contributed by atoms with Crippen molar-refractivity contribution in [3.8, 4) is 17.6 Å². The van der Waals surface area contributed by atoms with Crippen LogP contribution in [0.3, 0.4) is 0 Å². The molecule has 1 aromatic rings. The van der Waals surface area contributed by atoms with Crippen LogP contribution in [0.15, 0.2) is 12.1 Å². The molecule has 0 unspecified atom stereocenters. The molecule has 0 aliphatic carbocycles. The van der Waals surface area contributed by atoms with E-state index in [1.54, 1.807) is 0 Å². The Labute approximate surface area is 95.0 Å². The quantitative estimate of drug-likeness (QED) is 0.448. The summed E-state index contributed by atoms with van der Waals surface area (Å²) in [5.74, 6) is 2.10. The molecule has 1 amide bonds. The predicted molar refractivity (Wildman–Crippen MR) is 55.4 cm³/mol. The van der Waals surface area contributed by atoms with Crippen LogP contribution in [0.5, 0.6) is 5.75 Å². The van der Waals surface area contributed by atoms with Gasteiger partial charge in [-0.25, -0.2) is 4.39 Å². The average molecular weight is 238 g/mol. The van der Waals surface area contributed by atoms with E-state index >= 15 is 0 Å². The lowest BCUT2D eigenvalue weighted by Gasteiger charge is -1.98. The van der Waals surface area contributed by atoms with Crippen molar-refractivity contribution in [1.82, 2.24) is 0 Å². The minimum atomic E-state index is -0.912. The van der Waals surface area contributed by atoms with Crippen LogP contribution < -0.4 is 5.73 Å². The van der Waals surface area contributed by atoms with Crippen LogP contribution in [0, 0.1) is 27.8 Å². The summed E-state index contributed by atoms with van der Waals surface area (Å²) in [5, 5.41) is 19.6. The largest absolute Gasteiger partial charge is 0.502 e. The van der Waals surface area contributed by atoms with Crippen LogP contribution in [-0.2, 0) is 4.79 Å². The number of amides is 1. The molecule has 0 bridgehead atoms. The maximum Gasteiger partial charge on any atom is 0.312 e. The highest BCUT2D eigenvalue weighted by Gasteiger charge is 2.16. The molecule has 17 heavy (non-hydrogen) atoms. The molecular weight excluding hydrogens is 231 g/mol. The van der Waals surface area contributed by atoms with Gasteiger partial charge in [-0.05, 0) is 0 Å². The summed E-state index contributed by atoms with van der Waals surface area (Å²) in [7, 11) is 0. The summed E-state index contributed by atoms with van der Waals surface area (Å²) in [4.78, 5) is 20.0. The van der Waals surface area contributed by atoms with E-state index in [1.165, 1.54) is 0 Å². The summed E-state index contributed by atoms with van der Waals surface area (Å²) in [6.45, 7) is 0. The number of phenolic OH excluding ortho intramolecular Hbond substituents is 1. The van der Waals surface area contributed by atoms with E-state index in [4.69, 9.17) is 10.8 Å². The molecule has 3 N–H and O–H groups in total. The predicted octanol–water partition coefficient (Wildman–Crippen LogP) is 0.666. The molecule has 7 heteroatoms. The zero-order chi connectivity index (χ0) is 13.0. The number of nitrogens with two attached hydrogens (primary N) is 1. The highest BCUT2D eigenvalue weighted by Crippen LogP contribution is 2.28. The standard InChI is InChI=1S/C10H7FN2O4/c11-7-5-9(14)8(13(16)17)4-6(7)2-1-3-10(12)15/h4-5,14H,3H2,(H2,12,15). The molecular formula is C10H7FN2O4. The molecule has 0 saturated carbocycles. The van der Waals surface area contributed by atoms with Gasteiger partial charge in [0.2, 0.25) is 5.91 Å². The van der Waals surface area contributed by atoms with Crippen molar-refractivity contribution in [2.24, 2.45) is 5.73 Å². The van der Waals surface area contributed by atoms with Crippen LogP contribution >= 0.6 is 0 Å². The van der Waals surface area contributed by atoms with Gasteiger partial charge in [0.05, 0.1) is 16.9 Å². The fourth-order valence-corrected chi connectivity index (χ4v) is 1.02. The summed E-state index contributed by atoms with van der Waals surface area (Å²) in [6, 6.07) is 1.38. The maximum atomic E-state index is 13.2. The number of benzene rings is 1. The van der Waals surface area contributed by atoms with E-state index in [0.29, 0.717) is 6.07 Å². The van der Waals surface area contributed by atoms with E-state index in [0.717, 1.165) is 6.07 Å². The number of carbonyl (C=O) groups excluding carboxylic acids is 1. The lowest BCUT2D eigenvalue weighted by Crippen LogP contribution is -2.08. The number of hydrogen-bond acceptors (Lipinski definition) is 4. The third-order valence-corrected chi connectivity index (χ3v) is 1.75. The van der Waals surface area contributed by atoms with Gasteiger partial charge in [-0.2, -0.15) is 0 Å². The molecule has 1 rings (SSSR count). The smallest absolute Gasteiger partial charge is 0.312 e. The second-order valence-electron chi connectivity index (χ2n) is 3.02. The number of nitro benzene ring substituents is 1. The number of phenols is 1. The van der Waals surface area contributed by atoms with Crippen molar-refractivity contribution in [2.45, 2.75) is 6.42 Å². The Balaban J connectivity index is 3.15. The molecule has 0 aromatic heterocycles. The lowest BCUT2D eigenvalue weighted by molar-refractivity contribution is -0.385. The average Bonchev–Trinajstić information content (AvgIpc) is 2.20. The summed E-state index contributed by atoms with van der Waals surface area (Å²) in [5.41, 5.74) is 3.87. The fourth-order valence-electron chi connectivity index (χ4n) is 1.02. The molecule has 0 spiro atoms. The first-order chi connectivity index (χ1) is 7.91. The monoisotopic (exact) mass is 238 g/mol. The highest BCUT2D eigenvalue weighted by atomic mass is 19.1. The van der Waals surface area contributed by atoms with Crippen LogP contribution in [0.1, 0.15) is 12.0 Å². The van der Waals surface area contributed by atoms with E-state index < -0.39 is 28.1 Å². The van der Waals surface area contributed by atoms with Crippen molar-refractivity contribution in [3.63, 3.8) is 0 Å². The first kappa shape index (κ1) is 12.4. The highest BCUT2D eigenvalue weighted by molar-refractivity contribution is 5.76. The third-order valence-electron chi connectivity index (χ3n) is 1.75. The van der Waals surface area contributed by atoms with E-state index in [1.807, 2.05) is 0 Å². The Bertz CT molecular complexity index is 545. The van der Waals surface area contributed by atoms with E-state index in [9.17, 15) is 19.3 Å². The molecule has 0 saturated heterocycles. The van der Waals surface area contributed by atoms with Gasteiger partial charge >= 0.3 is 5.69 Å². The zero-order valence-corrected chi connectivity index (χ0v) is 8.44. The number of halogens is 1. The fraction of sp³-hybridized carbons (Fsp3) is 0.100. The van der Waals surface area contributed by atoms with Crippen molar-refractivity contribution < 1.29 is 19.2 Å². The number of primary amides is 1. The van der Waals surface area contributed by atoms with E-state index in [-0.39, 0.29) is 12.0 Å². The number of hydrogen-bond donors (Lipinski definition) is 2. The second-order valence-corrected chi connectivity index (χ2v) is 3.02. The Morgan fingerprint density at radius 1 is 1.59 bits per heavy atom. The topological polar surface area (TPSA) is 106 Å². The van der Waals surface area contributed by atoms with Crippen LogP contribution in [0.2, 0.25) is 0 Å². The molecule has 0 radical (unpaired) electrons. The third kappa shape index (κ3) is 3.17. The van der Waals surface area contributed by atoms with Crippen LogP contribution in [-0.4, -0.2) is 15.9 Å². The maximum absolute atomic E-state index is 13.2. The Morgan fingerprint density at radius 3 is 2.76 bits per heavy atom. The van der Waals surface area contributed by atoms with Gasteiger partial charge in [0, 0.05) is 12.1 Å². The molecule has 6 nitrogen and oxygen atoms in total. The SMILES string of the molecule is NC(=O)CC#Cc1cc([N+](=O)[O-])c(O)cc1F. The summed E-state index contributed by atoms with van der Waals surface area (Å²) in [6.07, 6.45) is -0.284. The summed E-state index contributed by atoms with van der Waals surface area (Å²) >= 11 is 0. The normalized spacial score (nSPS) is 9.24. The Hall–Kier alpha value is -2.62. The molecule has 88 valence electrons. The lowest BCUT2D eigenvalue weighted by atomic mass is 10.1. The number of rotatable bonds is 2. The molecule has 0 atom stereocenters. The Kier molecular flexibility index (Phi) is 3.62. The van der Waals surface area contributed by atoms with Crippen molar-refractivity contribution in [3.05, 3.63) is 33.6 Å². The molecule has 0 fully saturated rings. The van der Waals surface area contributed by atoms with Gasteiger partial charge in [0.1, 0.15) is 5.82 Å². The van der Waals surface area contributed by atoms with Gasteiger partial charge in [-0.15, -0.1) is 0 Å². The molecule has 0 aliphatic rings. The number of nitro groups is 1. The second kappa shape index (κ2) is 4.94. The number of carbonyl (C=O) groups is 1. The molecule has 0 aliphatic heterocycles. The number of nitrogens with zero attached hydrogens (tertiary/aromatic N) is 1. The van der Waals surface area contributed by atoms with Crippen LogP contribution in [0.4, 0.5) is 10.1 Å². The first-order valence-corrected chi connectivity index (χ1v) is 4.36. The van der Waals surface area contributed by atoms with E-state index in [2.05, 4.69) is 11.8 Å². The minimum absolute atomic E-state index is 0.282. The number of aromatic hydroxyl groups is 1. The van der Waals surface area contributed by atoms with Crippen molar-refractivity contribution >= 4 is 11.6 Å². The van der Waals surface area contributed by atoms with Crippen molar-refractivity contribution in [1.29, 1.82) is 0 Å². The van der Waals surface area contributed by atoms with Crippen molar-refractivity contribution in [2.75, 3.05) is 0 Å². The van der Waals surface area contributed by atoms with Crippen LogP contribution in [0.25, 0.3) is 0 Å². The molecule has 1 aromatic carbocycles.